The molecule has 2 aromatic rings. The highest BCUT2D eigenvalue weighted by molar-refractivity contribution is 5.28. The molecule has 0 N–H and O–H groups in total. The second-order valence-corrected chi connectivity index (χ2v) is 8.04. The summed E-state index contributed by atoms with van der Waals surface area (Å²) in [5.74, 6) is 0. The minimum Gasteiger partial charge on any atom is -0.321 e. The zero-order valence-corrected chi connectivity index (χ0v) is 14.3. The fourth-order valence-corrected chi connectivity index (χ4v) is 3.69. The monoisotopic (exact) mass is 296 g/mol. The highest BCUT2D eigenvalue weighted by Crippen LogP contribution is 2.26. The van der Waals surface area contributed by atoms with Crippen LogP contribution >= 0.6 is 0 Å². The van der Waals surface area contributed by atoms with Gasteiger partial charge in [-0.3, -0.25) is 0 Å². The van der Waals surface area contributed by atoms with Crippen molar-refractivity contribution in [2.75, 3.05) is 28.2 Å². The van der Waals surface area contributed by atoms with E-state index in [1.807, 2.05) is 0 Å². The van der Waals surface area contributed by atoms with Crippen LogP contribution in [0.5, 0.6) is 0 Å². The summed E-state index contributed by atoms with van der Waals surface area (Å²) < 4.78 is 2.00. The van der Waals surface area contributed by atoms with Gasteiger partial charge in [0.25, 0.3) is 0 Å². The number of fused-ring (bicyclic) bond motifs is 2. The van der Waals surface area contributed by atoms with Crippen LogP contribution < -0.4 is 0 Å². The van der Waals surface area contributed by atoms with Gasteiger partial charge in [-0.05, 0) is 0 Å². The Kier molecular flexibility index (Phi) is 3.84. The van der Waals surface area contributed by atoms with Crippen LogP contribution in [0.3, 0.4) is 0 Å². The SMILES string of the molecule is C[N+]1(C)Cc2ccccc2C[N+](C)(C)Cc2ccccc2C1. The van der Waals surface area contributed by atoms with Crippen LogP contribution in [0.15, 0.2) is 48.5 Å². The van der Waals surface area contributed by atoms with Crippen LogP contribution in [0, 0.1) is 0 Å². The molecule has 2 heteroatoms. The van der Waals surface area contributed by atoms with Gasteiger partial charge in [0, 0.05) is 22.3 Å². The molecule has 0 amide bonds. The molecule has 2 nitrogen and oxygen atoms in total. The van der Waals surface area contributed by atoms with Gasteiger partial charge in [-0.1, -0.05) is 48.5 Å². The van der Waals surface area contributed by atoms with E-state index in [0.717, 1.165) is 35.1 Å². The maximum absolute atomic E-state index is 2.34. The smallest absolute Gasteiger partial charge is 0.105 e. The molecule has 0 aliphatic carbocycles. The van der Waals surface area contributed by atoms with Crippen molar-refractivity contribution in [1.82, 2.24) is 0 Å². The lowest BCUT2D eigenvalue weighted by molar-refractivity contribution is -0.923. The molecule has 2 aromatic carbocycles. The minimum atomic E-state index is 1.00. The van der Waals surface area contributed by atoms with Crippen LogP contribution in [0.1, 0.15) is 22.3 Å². The molecular formula is C20H28N2+2. The summed E-state index contributed by atoms with van der Waals surface area (Å²) in [7, 11) is 9.37. The van der Waals surface area contributed by atoms with Crippen LogP contribution in [-0.2, 0) is 26.2 Å². The van der Waals surface area contributed by atoms with Crippen molar-refractivity contribution in [3.05, 3.63) is 70.8 Å². The topological polar surface area (TPSA) is 0 Å². The molecule has 1 aliphatic rings. The van der Waals surface area contributed by atoms with Crippen LogP contribution in [0.4, 0.5) is 0 Å². The molecule has 3 rings (SSSR count). The zero-order chi connectivity index (χ0) is 15.8. The molecule has 1 heterocycles. The Bertz CT molecular complexity index is 557. The predicted octanol–water partition coefficient (Wildman–Crippen LogP) is 3.55. The van der Waals surface area contributed by atoms with Crippen molar-refractivity contribution in [3.63, 3.8) is 0 Å². The van der Waals surface area contributed by atoms with Crippen molar-refractivity contribution in [2.45, 2.75) is 26.2 Å². The van der Waals surface area contributed by atoms with Gasteiger partial charge < -0.3 is 8.97 Å². The highest BCUT2D eigenvalue weighted by atomic mass is 15.3. The molecule has 116 valence electrons. The number of benzene rings is 2. The van der Waals surface area contributed by atoms with Crippen molar-refractivity contribution in [1.29, 1.82) is 0 Å². The quantitative estimate of drug-likeness (QED) is 0.652. The maximum Gasteiger partial charge on any atom is 0.105 e. The molecule has 22 heavy (non-hydrogen) atoms. The van der Waals surface area contributed by atoms with E-state index in [4.69, 9.17) is 0 Å². The first-order valence-electron chi connectivity index (χ1n) is 8.12. The normalized spacial score (nSPS) is 19.8. The first kappa shape index (κ1) is 15.3. The third-order valence-electron chi connectivity index (χ3n) is 4.63. The highest BCUT2D eigenvalue weighted by Gasteiger charge is 2.27. The van der Waals surface area contributed by atoms with E-state index in [2.05, 4.69) is 76.7 Å². The molecule has 0 radical (unpaired) electrons. The van der Waals surface area contributed by atoms with E-state index in [1.54, 1.807) is 0 Å². The molecule has 0 atom stereocenters. The van der Waals surface area contributed by atoms with Crippen molar-refractivity contribution < 1.29 is 8.97 Å². The van der Waals surface area contributed by atoms with Gasteiger partial charge in [0.15, 0.2) is 0 Å². The average molecular weight is 296 g/mol. The van der Waals surface area contributed by atoms with Crippen molar-refractivity contribution in [3.8, 4) is 0 Å². The minimum absolute atomic E-state index is 1.00. The van der Waals surface area contributed by atoms with Gasteiger partial charge in [0.05, 0.1) is 28.2 Å². The second kappa shape index (κ2) is 5.53. The zero-order valence-electron chi connectivity index (χ0n) is 14.3. The standard InChI is InChI=1S/C20H28N2/c1-21(2)13-17-9-5-7-11-19(17)15-22(3,4)16-20-12-8-6-10-18(20)14-21/h5-12H,13-16H2,1-4H3/q+2. The molecule has 1 aliphatic heterocycles. The lowest BCUT2D eigenvalue weighted by atomic mass is 10.00. The summed E-state index contributed by atoms with van der Waals surface area (Å²) in [6.45, 7) is 4.35. The van der Waals surface area contributed by atoms with Crippen molar-refractivity contribution in [2.24, 2.45) is 0 Å². The van der Waals surface area contributed by atoms with E-state index in [1.165, 1.54) is 22.3 Å². The van der Waals surface area contributed by atoms with Gasteiger partial charge in [-0.2, -0.15) is 0 Å². The van der Waals surface area contributed by atoms with Crippen LogP contribution in [-0.4, -0.2) is 37.2 Å². The first-order valence-corrected chi connectivity index (χ1v) is 8.12. The van der Waals surface area contributed by atoms with E-state index in [0.29, 0.717) is 0 Å². The fourth-order valence-electron chi connectivity index (χ4n) is 3.69. The maximum atomic E-state index is 2.34. The average Bonchev–Trinajstić information content (AvgIpc) is 2.41. The molecule has 0 bridgehead atoms. The summed E-state index contributed by atoms with van der Waals surface area (Å²) in [5.41, 5.74) is 5.99. The molecule has 0 saturated carbocycles. The number of quaternary nitrogens is 2. The summed E-state index contributed by atoms with van der Waals surface area (Å²) in [6.07, 6.45) is 0. The Balaban J connectivity index is 2.07. The lowest BCUT2D eigenvalue weighted by Crippen LogP contribution is -2.43. The van der Waals surface area contributed by atoms with Gasteiger partial charge in [0.1, 0.15) is 26.2 Å². The second-order valence-electron chi connectivity index (χ2n) is 8.04. The summed E-state index contributed by atoms with van der Waals surface area (Å²) in [4.78, 5) is 0. The van der Waals surface area contributed by atoms with Gasteiger partial charge in [-0.25, -0.2) is 0 Å². The molecule has 0 saturated heterocycles. The Morgan fingerprint density at radius 3 is 0.955 bits per heavy atom. The molecular weight excluding hydrogens is 268 g/mol. The largest absolute Gasteiger partial charge is 0.321 e. The van der Waals surface area contributed by atoms with Gasteiger partial charge >= 0.3 is 0 Å². The van der Waals surface area contributed by atoms with Gasteiger partial charge in [0.2, 0.25) is 0 Å². The Morgan fingerprint density at radius 2 is 0.727 bits per heavy atom. The van der Waals surface area contributed by atoms with E-state index < -0.39 is 0 Å². The lowest BCUT2D eigenvalue weighted by Gasteiger charge is -2.36. The Labute approximate surface area is 134 Å². The van der Waals surface area contributed by atoms with Crippen LogP contribution in [0.2, 0.25) is 0 Å². The summed E-state index contributed by atoms with van der Waals surface area (Å²) in [5, 5.41) is 0. The molecule has 0 fully saturated rings. The van der Waals surface area contributed by atoms with E-state index in [-0.39, 0.29) is 0 Å². The number of hydrogen-bond donors (Lipinski definition) is 0. The number of hydrogen-bond acceptors (Lipinski definition) is 0. The first-order chi connectivity index (χ1) is 10.3. The van der Waals surface area contributed by atoms with Crippen LogP contribution in [0.25, 0.3) is 0 Å². The number of rotatable bonds is 0. The fraction of sp³-hybridized carbons (Fsp3) is 0.400. The van der Waals surface area contributed by atoms with E-state index >= 15 is 0 Å². The Morgan fingerprint density at radius 1 is 0.500 bits per heavy atom. The summed E-state index contributed by atoms with van der Waals surface area (Å²) in [6, 6.07) is 17.9. The third kappa shape index (κ3) is 3.40. The van der Waals surface area contributed by atoms with E-state index in [9.17, 15) is 0 Å². The molecule has 0 unspecified atom stereocenters. The Hall–Kier alpha value is -1.64. The summed E-state index contributed by atoms with van der Waals surface area (Å²) >= 11 is 0. The number of nitrogens with zero attached hydrogens (tertiary/aromatic N) is 2. The van der Waals surface area contributed by atoms with Gasteiger partial charge in [-0.15, -0.1) is 0 Å². The molecule has 0 spiro atoms. The third-order valence-corrected chi connectivity index (χ3v) is 4.63. The van der Waals surface area contributed by atoms with Crippen molar-refractivity contribution >= 4 is 0 Å². The predicted molar refractivity (Wildman–Crippen MR) is 91.9 cm³/mol. The molecule has 0 aromatic heterocycles.